The van der Waals surface area contributed by atoms with Crippen molar-refractivity contribution in [3.05, 3.63) is 41.9 Å². The number of nitrogens with one attached hydrogen (secondary N) is 1. The van der Waals surface area contributed by atoms with E-state index in [1.165, 1.54) is 81.8 Å². The normalized spacial score (nSPS) is 24.2. The molecule has 1 atom stereocenters. The van der Waals surface area contributed by atoms with E-state index in [1.54, 1.807) is 0 Å². The molecule has 0 aliphatic heterocycles. The van der Waals surface area contributed by atoms with E-state index < -0.39 is 0 Å². The fourth-order valence-corrected chi connectivity index (χ4v) is 6.34. The minimum Gasteiger partial charge on any atom is -0.342 e. The van der Waals surface area contributed by atoms with Gasteiger partial charge in [-0.15, -0.1) is 0 Å². The van der Waals surface area contributed by atoms with Gasteiger partial charge in [0.05, 0.1) is 11.9 Å². The fraction of sp³-hybridized carbons (Fsp3) is 0.654. The topological polar surface area (TPSA) is 54.7 Å². The average molecular weight is 392 g/mol. The molecule has 3 N–H and O–H groups in total. The Hall–Kier alpha value is -1.61. The van der Waals surface area contributed by atoms with Crippen LogP contribution in [0.5, 0.6) is 0 Å². The molecule has 3 aliphatic carbocycles. The summed E-state index contributed by atoms with van der Waals surface area (Å²) in [4.78, 5) is 8.60. The van der Waals surface area contributed by atoms with Gasteiger partial charge in [0.1, 0.15) is 5.82 Å². The Morgan fingerprint density at radius 3 is 2.14 bits per heavy atom. The van der Waals surface area contributed by atoms with Gasteiger partial charge in [-0.2, -0.15) is 0 Å². The van der Waals surface area contributed by atoms with Crippen molar-refractivity contribution < 1.29 is 0 Å². The van der Waals surface area contributed by atoms with Crippen molar-refractivity contribution in [2.45, 2.75) is 101 Å². The zero-order valence-corrected chi connectivity index (χ0v) is 17.8. The average Bonchev–Trinajstić information content (AvgIpc) is 3.24. The lowest BCUT2D eigenvalue weighted by atomic mass is 9.61. The summed E-state index contributed by atoms with van der Waals surface area (Å²) in [5, 5.41) is 0. The lowest BCUT2D eigenvalue weighted by Gasteiger charge is -2.48. The second kappa shape index (κ2) is 8.26. The van der Waals surface area contributed by atoms with Crippen molar-refractivity contribution in [3.63, 3.8) is 0 Å². The van der Waals surface area contributed by atoms with Crippen LogP contribution in [0.3, 0.4) is 0 Å². The molecule has 0 spiro atoms. The van der Waals surface area contributed by atoms with Gasteiger partial charge in [0.15, 0.2) is 0 Å². The number of hydrogen-bond acceptors (Lipinski definition) is 2. The maximum atomic E-state index is 6.90. The molecule has 0 radical (unpaired) electrons. The monoisotopic (exact) mass is 391 g/mol. The van der Waals surface area contributed by atoms with E-state index in [4.69, 9.17) is 10.7 Å². The molecule has 3 fully saturated rings. The Balaban J connectivity index is 1.37. The van der Waals surface area contributed by atoms with E-state index in [9.17, 15) is 0 Å². The molecule has 3 saturated carbocycles. The molecule has 29 heavy (non-hydrogen) atoms. The van der Waals surface area contributed by atoms with Gasteiger partial charge in [-0.1, -0.05) is 62.8 Å². The molecule has 1 aromatic carbocycles. The van der Waals surface area contributed by atoms with Gasteiger partial charge in [-0.3, -0.25) is 0 Å². The minimum atomic E-state index is -0.0397. The van der Waals surface area contributed by atoms with Gasteiger partial charge in [0, 0.05) is 11.5 Å². The van der Waals surface area contributed by atoms with Gasteiger partial charge in [0.2, 0.25) is 0 Å². The third-order valence-corrected chi connectivity index (χ3v) is 8.21. The lowest BCUT2D eigenvalue weighted by molar-refractivity contribution is 0.130. The summed E-state index contributed by atoms with van der Waals surface area (Å²) in [6.45, 7) is 0. The summed E-state index contributed by atoms with van der Waals surface area (Å²) < 4.78 is 0. The fourth-order valence-electron chi connectivity index (χ4n) is 6.34. The highest BCUT2D eigenvalue weighted by Gasteiger charge is 2.46. The van der Waals surface area contributed by atoms with Crippen LogP contribution in [0.25, 0.3) is 11.3 Å². The highest BCUT2D eigenvalue weighted by atomic mass is 15.0. The molecule has 0 saturated heterocycles. The molecule has 3 heteroatoms. The van der Waals surface area contributed by atoms with Gasteiger partial charge < -0.3 is 10.7 Å². The van der Waals surface area contributed by atoms with Crippen molar-refractivity contribution >= 4 is 0 Å². The molecule has 2 aromatic rings. The van der Waals surface area contributed by atoms with Crippen molar-refractivity contribution in [3.8, 4) is 11.3 Å². The Kier molecular flexibility index (Phi) is 5.51. The highest BCUT2D eigenvalue weighted by Crippen LogP contribution is 2.48. The standard InChI is InChI=1S/C26H37N3/c27-26(16-7-17-26)24(22-10-5-2-6-11-22)25-28-18-23(29-25)21-14-12-20(13-15-21)19-8-3-1-4-9-19/h12-15,18-19,22,24H,1-11,16-17,27H2,(H,28,29)/t24-/m1/s1. The summed E-state index contributed by atoms with van der Waals surface area (Å²) in [7, 11) is 0. The number of benzene rings is 1. The van der Waals surface area contributed by atoms with E-state index in [0.717, 1.165) is 30.3 Å². The first-order valence-electron chi connectivity index (χ1n) is 12.2. The molecular formula is C26H37N3. The summed E-state index contributed by atoms with van der Waals surface area (Å²) >= 11 is 0. The molecule has 0 bridgehead atoms. The van der Waals surface area contributed by atoms with Gasteiger partial charge in [0.25, 0.3) is 0 Å². The number of nitrogens with two attached hydrogens (primary N) is 1. The number of hydrogen-bond donors (Lipinski definition) is 2. The van der Waals surface area contributed by atoms with Gasteiger partial charge >= 0.3 is 0 Å². The molecule has 0 amide bonds. The second-order valence-corrected chi connectivity index (χ2v) is 10.1. The molecule has 5 rings (SSSR count). The van der Waals surface area contributed by atoms with Crippen LogP contribution in [0.4, 0.5) is 0 Å². The molecule has 0 unspecified atom stereocenters. The Labute approximate surface area is 175 Å². The second-order valence-electron chi connectivity index (χ2n) is 10.1. The first-order chi connectivity index (χ1) is 14.2. The quantitative estimate of drug-likeness (QED) is 0.598. The Morgan fingerprint density at radius 2 is 1.52 bits per heavy atom. The predicted molar refractivity (Wildman–Crippen MR) is 120 cm³/mol. The summed E-state index contributed by atoms with van der Waals surface area (Å²) in [5.41, 5.74) is 10.8. The molecule has 3 aliphatic rings. The molecule has 1 aromatic heterocycles. The van der Waals surface area contributed by atoms with Crippen LogP contribution >= 0.6 is 0 Å². The van der Waals surface area contributed by atoms with E-state index in [2.05, 4.69) is 29.2 Å². The number of aromatic nitrogens is 2. The zero-order chi connectivity index (χ0) is 19.7. The molecular weight excluding hydrogens is 354 g/mol. The minimum absolute atomic E-state index is 0.0397. The van der Waals surface area contributed by atoms with Gasteiger partial charge in [-0.25, -0.2) is 4.98 Å². The smallest absolute Gasteiger partial charge is 0.111 e. The van der Waals surface area contributed by atoms with Crippen LogP contribution in [0.15, 0.2) is 30.5 Å². The van der Waals surface area contributed by atoms with E-state index >= 15 is 0 Å². The predicted octanol–water partition coefficient (Wildman–Crippen LogP) is 6.67. The number of rotatable bonds is 5. The van der Waals surface area contributed by atoms with Crippen molar-refractivity contribution in [1.29, 1.82) is 0 Å². The summed E-state index contributed by atoms with van der Waals surface area (Å²) in [6.07, 6.45) is 19.3. The van der Waals surface area contributed by atoms with Crippen LogP contribution in [0.1, 0.15) is 107 Å². The maximum absolute atomic E-state index is 6.90. The maximum Gasteiger partial charge on any atom is 0.111 e. The Bertz CT molecular complexity index is 790. The van der Waals surface area contributed by atoms with Crippen LogP contribution in [0.2, 0.25) is 0 Å². The largest absolute Gasteiger partial charge is 0.342 e. The first-order valence-corrected chi connectivity index (χ1v) is 12.2. The lowest BCUT2D eigenvalue weighted by Crippen LogP contribution is -2.54. The van der Waals surface area contributed by atoms with E-state index in [1.807, 2.05) is 6.20 Å². The van der Waals surface area contributed by atoms with Crippen molar-refractivity contribution in [1.82, 2.24) is 9.97 Å². The van der Waals surface area contributed by atoms with Crippen LogP contribution in [0, 0.1) is 5.92 Å². The molecule has 156 valence electrons. The van der Waals surface area contributed by atoms with Crippen molar-refractivity contribution in [2.24, 2.45) is 11.7 Å². The highest BCUT2D eigenvalue weighted by molar-refractivity contribution is 5.59. The van der Waals surface area contributed by atoms with Crippen LogP contribution in [-0.4, -0.2) is 15.5 Å². The SMILES string of the molecule is NC1([C@@H](c2ncc(-c3ccc(C4CCCCC4)cc3)[nH]2)C2CCCCC2)CCC1. The first kappa shape index (κ1) is 19.4. The number of imidazole rings is 1. The van der Waals surface area contributed by atoms with Gasteiger partial charge in [-0.05, 0) is 67.9 Å². The van der Waals surface area contributed by atoms with Crippen LogP contribution < -0.4 is 5.73 Å². The van der Waals surface area contributed by atoms with Crippen molar-refractivity contribution in [2.75, 3.05) is 0 Å². The van der Waals surface area contributed by atoms with E-state index in [0.29, 0.717) is 11.8 Å². The zero-order valence-electron chi connectivity index (χ0n) is 17.8. The number of nitrogens with zero attached hydrogens (tertiary/aromatic N) is 1. The number of H-pyrrole nitrogens is 1. The van der Waals surface area contributed by atoms with Crippen LogP contribution in [-0.2, 0) is 0 Å². The third-order valence-electron chi connectivity index (χ3n) is 8.21. The number of aromatic amines is 1. The van der Waals surface area contributed by atoms with E-state index in [-0.39, 0.29) is 5.54 Å². The molecule has 1 heterocycles. The summed E-state index contributed by atoms with van der Waals surface area (Å²) in [5.74, 6) is 3.00. The molecule has 3 nitrogen and oxygen atoms in total. The summed E-state index contributed by atoms with van der Waals surface area (Å²) in [6, 6.07) is 9.28. The Morgan fingerprint density at radius 1 is 0.862 bits per heavy atom. The third kappa shape index (κ3) is 3.91.